The highest BCUT2D eigenvalue weighted by molar-refractivity contribution is 5.85. The average molecular weight is 1080 g/mol. The lowest BCUT2D eigenvalue weighted by atomic mass is 9.86. The SMILES string of the molecule is CC(C)N(C(=O)Cc1c(O)c2cc3c1OCOc1c(cc(c(O)c1CC(=O)N(C(C)C)C(C)C)Cc1cc4c(c(CC(=O)N(C(C)C)C(C)C)c1O)OCOc1c(cc(c(O)c1CC(=O)N(C(C)C)C(C)C)C2)C4)C3)C(C)C. The minimum atomic E-state index is -0.421. The van der Waals surface area contributed by atoms with Gasteiger partial charge in [0.05, 0.1) is 25.7 Å². The smallest absolute Gasteiger partial charge is 0.230 e. The third-order valence-corrected chi connectivity index (χ3v) is 15.3. The highest BCUT2D eigenvalue weighted by atomic mass is 16.7. The fourth-order valence-electron chi connectivity index (χ4n) is 12.6. The molecule has 7 rings (SSSR count). The molecule has 0 unspecified atom stereocenters. The lowest BCUT2D eigenvalue weighted by Gasteiger charge is -2.33. The summed E-state index contributed by atoms with van der Waals surface area (Å²) in [6, 6.07) is 5.79. The van der Waals surface area contributed by atoms with E-state index in [1.54, 1.807) is 43.9 Å². The molecule has 0 saturated carbocycles. The minimum absolute atomic E-state index is 0.0672. The van der Waals surface area contributed by atoms with Crippen molar-refractivity contribution in [3.05, 3.63) is 91.0 Å². The van der Waals surface area contributed by atoms with Gasteiger partial charge in [-0.15, -0.1) is 0 Å². The fraction of sp³-hybridized carbons (Fsp3) is 0.548. The molecular weight excluding hydrogens is 993 g/mol. The van der Waals surface area contributed by atoms with E-state index in [2.05, 4.69) is 0 Å². The lowest BCUT2D eigenvalue weighted by Crippen LogP contribution is -2.43. The standard InChI is InChI=1S/C62H84N4O12/c1-31(2)63(32(3)4)51(67)25-47-55(71)39-17-40-20-45-24-46-22-42(18-41-21-44-23-43(19-39)59(47)75-29-76-60(44)49(57(41)73)27-53(69)65(35(9)10)36(11)12)58(74)50(28-54(70)66(37(13)14)38(15)16)62(46)78-30-77-61(45)48(56(40)72)26-52(68)64(33(5)6)34(7)8/h19-22,31-38,71-74H,17-18,23-30H2,1-16H3. The Morgan fingerprint density at radius 3 is 0.667 bits per heavy atom. The molecule has 8 bridgehead atoms. The van der Waals surface area contributed by atoms with Gasteiger partial charge in [0.1, 0.15) is 46.0 Å². The van der Waals surface area contributed by atoms with Crippen LogP contribution in [0.4, 0.5) is 0 Å². The Kier molecular flexibility index (Phi) is 17.8. The van der Waals surface area contributed by atoms with Gasteiger partial charge in [-0.1, -0.05) is 0 Å². The number of carbonyl (C=O) groups is 4. The Bertz CT molecular complexity index is 2540. The van der Waals surface area contributed by atoms with E-state index in [9.17, 15) is 39.6 Å². The number of ether oxygens (including phenoxy) is 4. The largest absolute Gasteiger partial charge is 0.507 e. The summed E-state index contributed by atoms with van der Waals surface area (Å²) in [5.74, 6) is -0.935. The molecule has 4 aromatic rings. The van der Waals surface area contributed by atoms with Crippen LogP contribution in [0.1, 0.15) is 178 Å². The molecule has 78 heavy (non-hydrogen) atoms. The first-order valence-corrected chi connectivity index (χ1v) is 27.8. The second kappa shape index (κ2) is 23.6. The highest BCUT2D eigenvalue weighted by Gasteiger charge is 2.35. The van der Waals surface area contributed by atoms with Crippen LogP contribution in [0.15, 0.2) is 24.3 Å². The van der Waals surface area contributed by atoms with Crippen LogP contribution >= 0.6 is 0 Å². The van der Waals surface area contributed by atoms with Gasteiger partial charge in [-0.3, -0.25) is 19.2 Å². The number of phenolic OH excluding ortho intramolecular Hbond substituents is 4. The Balaban J connectivity index is 1.58. The van der Waals surface area contributed by atoms with Crippen molar-refractivity contribution in [2.75, 3.05) is 13.6 Å². The zero-order valence-electron chi connectivity index (χ0n) is 48.8. The van der Waals surface area contributed by atoms with Crippen LogP contribution in [-0.4, -0.2) is 126 Å². The summed E-state index contributed by atoms with van der Waals surface area (Å²) in [6.45, 7) is 30.1. The van der Waals surface area contributed by atoms with Crippen LogP contribution in [0.2, 0.25) is 0 Å². The van der Waals surface area contributed by atoms with Crippen molar-refractivity contribution in [1.82, 2.24) is 19.6 Å². The fourth-order valence-corrected chi connectivity index (χ4v) is 12.6. The number of amides is 4. The summed E-state index contributed by atoms with van der Waals surface area (Å²) in [7, 11) is 0. The van der Waals surface area contributed by atoms with E-state index in [1.165, 1.54) is 0 Å². The van der Waals surface area contributed by atoms with Gasteiger partial charge in [-0.2, -0.15) is 0 Å². The zero-order valence-corrected chi connectivity index (χ0v) is 48.8. The monoisotopic (exact) mass is 1080 g/mol. The molecule has 4 aromatic carbocycles. The van der Waals surface area contributed by atoms with E-state index in [-0.39, 0.29) is 192 Å². The van der Waals surface area contributed by atoms with Crippen LogP contribution < -0.4 is 18.9 Å². The molecule has 424 valence electrons. The quantitative estimate of drug-likeness (QED) is 0.0731. The summed E-state index contributed by atoms with van der Waals surface area (Å²) < 4.78 is 25.9. The van der Waals surface area contributed by atoms with Gasteiger partial charge < -0.3 is 59.0 Å². The molecule has 1 aliphatic carbocycles. The third-order valence-electron chi connectivity index (χ3n) is 15.3. The number of nitrogens with zero attached hydrogens (tertiary/aromatic N) is 4. The first-order chi connectivity index (χ1) is 36.6. The number of benzene rings is 4. The van der Waals surface area contributed by atoms with E-state index < -0.39 is 13.6 Å². The first kappa shape index (κ1) is 58.8. The number of fused-ring (bicyclic) bond motifs is 4. The van der Waals surface area contributed by atoms with Crippen molar-refractivity contribution in [2.45, 2.75) is 210 Å². The molecule has 4 N–H and O–H groups in total. The summed E-state index contributed by atoms with van der Waals surface area (Å²) in [4.78, 5) is 64.8. The zero-order chi connectivity index (χ0) is 57.5. The molecular formula is C62H84N4O12. The van der Waals surface area contributed by atoms with Crippen molar-refractivity contribution >= 4 is 23.6 Å². The van der Waals surface area contributed by atoms with Crippen LogP contribution in [0, 0.1) is 0 Å². The molecule has 0 fully saturated rings. The minimum Gasteiger partial charge on any atom is -0.507 e. The predicted octanol–water partition coefficient (Wildman–Crippen LogP) is 9.39. The molecule has 0 radical (unpaired) electrons. The number of hydrogen-bond donors (Lipinski definition) is 4. The van der Waals surface area contributed by atoms with Crippen LogP contribution in [0.25, 0.3) is 0 Å². The van der Waals surface area contributed by atoms with Gasteiger partial charge in [0.2, 0.25) is 37.2 Å². The number of rotatable bonds is 16. The van der Waals surface area contributed by atoms with Crippen molar-refractivity contribution < 1.29 is 58.6 Å². The first-order valence-electron chi connectivity index (χ1n) is 27.8. The average Bonchev–Trinajstić information content (AvgIpc) is 3.29. The summed E-state index contributed by atoms with van der Waals surface area (Å²) in [5.41, 5.74) is 4.55. The summed E-state index contributed by atoms with van der Waals surface area (Å²) >= 11 is 0. The van der Waals surface area contributed by atoms with Gasteiger partial charge in [0, 0.05) is 96.3 Å². The maximum absolute atomic E-state index is 14.5. The molecule has 0 saturated heterocycles. The van der Waals surface area contributed by atoms with Gasteiger partial charge in [0.15, 0.2) is 0 Å². The molecule has 2 heterocycles. The second-order valence-electron chi connectivity index (χ2n) is 23.6. The van der Waals surface area contributed by atoms with E-state index in [1.807, 2.05) is 111 Å². The topological polar surface area (TPSA) is 199 Å². The van der Waals surface area contributed by atoms with Gasteiger partial charge in [0.25, 0.3) is 0 Å². The molecule has 16 heteroatoms. The third kappa shape index (κ3) is 11.8. The molecule has 0 aromatic heterocycles. The molecule has 2 aliphatic heterocycles. The van der Waals surface area contributed by atoms with Crippen LogP contribution in [0.5, 0.6) is 46.0 Å². The lowest BCUT2D eigenvalue weighted by molar-refractivity contribution is -0.135. The van der Waals surface area contributed by atoms with Gasteiger partial charge in [-0.25, -0.2) is 0 Å². The van der Waals surface area contributed by atoms with E-state index in [0.717, 1.165) is 0 Å². The highest BCUT2D eigenvalue weighted by Crippen LogP contribution is 2.48. The van der Waals surface area contributed by atoms with E-state index in [4.69, 9.17) is 18.9 Å². The molecule has 0 atom stereocenters. The van der Waals surface area contributed by atoms with E-state index >= 15 is 0 Å². The van der Waals surface area contributed by atoms with Crippen molar-refractivity contribution in [2.24, 2.45) is 0 Å². The normalized spacial score (nSPS) is 13.7. The number of carbonyl (C=O) groups excluding carboxylic acids is 4. The number of aromatic hydroxyl groups is 4. The van der Waals surface area contributed by atoms with E-state index in [0.29, 0.717) is 44.5 Å². The maximum atomic E-state index is 14.5. The van der Waals surface area contributed by atoms with Gasteiger partial charge >= 0.3 is 0 Å². The molecule has 0 spiro atoms. The maximum Gasteiger partial charge on any atom is 0.230 e. The molecule has 3 aliphatic rings. The van der Waals surface area contributed by atoms with Crippen molar-refractivity contribution in [3.8, 4) is 46.0 Å². The Hall–Kier alpha value is -6.84. The second-order valence-corrected chi connectivity index (χ2v) is 23.6. The Morgan fingerprint density at radius 2 is 0.500 bits per heavy atom. The summed E-state index contributed by atoms with van der Waals surface area (Å²) in [6.07, 6.45) is -1.01. The number of hydrogen-bond acceptors (Lipinski definition) is 12. The van der Waals surface area contributed by atoms with Gasteiger partial charge in [-0.05, 0) is 180 Å². The number of phenols is 4. The Morgan fingerprint density at radius 1 is 0.333 bits per heavy atom. The van der Waals surface area contributed by atoms with Crippen molar-refractivity contribution in [3.63, 3.8) is 0 Å². The molecule has 4 amide bonds. The Labute approximate surface area is 461 Å². The summed E-state index contributed by atoms with van der Waals surface area (Å²) in [5, 5.41) is 50.5. The predicted molar refractivity (Wildman–Crippen MR) is 299 cm³/mol. The van der Waals surface area contributed by atoms with Crippen LogP contribution in [0.3, 0.4) is 0 Å². The molecule has 16 nitrogen and oxygen atoms in total. The van der Waals surface area contributed by atoms with Crippen LogP contribution in [-0.2, 0) is 70.5 Å². The van der Waals surface area contributed by atoms with Crippen molar-refractivity contribution in [1.29, 1.82) is 0 Å².